The number of imide groups is 1. The van der Waals surface area contributed by atoms with Crippen molar-refractivity contribution in [3.05, 3.63) is 35.4 Å². The van der Waals surface area contributed by atoms with Crippen molar-refractivity contribution in [2.45, 2.75) is 84.5 Å². The quantitative estimate of drug-likeness (QED) is 0.310. The first-order valence-electron chi connectivity index (χ1n) is 10.6. The Morgan fingerprint density at radius 2 is 1.12 bits per heavy atom. The van der Waals surface area contributed by atoms with Crippen molar-refractivity contribution >= 4 is 11.8 Å². The van der Waals surface area contributed by atoms with Crippen LogP contribution in [0.25, 0.3) is 0 Å². The molecule has 2 amide bonds. The van der Waals surface area contributed by atoms with Crippen LogP contribution in [-0.2, 0) is 0 Å². The molecule has 3 heteroatoms. The molecule has 26 heavy (non-hydrogen) atoms. The highest BCUT2D eigenvalue weighted by atomic mass is 16.2. The summed E-state index contributed by atoms with van der Waals surface area (Å²) in [6.45, 7) is 5.16. The van der Waals surface area contributed by atoms with Crippen LogP contribution in [0.5, 0.6) is 0 Å². The van der Waals surface area contributed by atoms with Gasteiger partial charge in [-0.15, -0.1) is 0 Å². The van der Waals surface area contributed by atoms with Crippen molar-refractivity contribution < 1.29 is 9.59 Å². The SMILES string of the molecule is CC(C)CCCCCCCCCCCCN1C(=O)c2ccccc2C1=O. The Kier molecular flexibility index (Phi) is 8.87. The minimum absolute atomic E-state index is 0.122. The smallest absolute Gasteiger partial charge is 0.261 e. The minimum Gasteiger partial charge on any atom is -0.274 e. The summed E-state index contributed by atoms with van der Waals surface area (Å²) >= 11 is 0. The van der Waals surface area contributed by atoms with Gasteiger partial charge in [0.1, 0.15) is 0 Å². The minimum atomic E-state index is -0.122. The number of carbonyl (C=O) groups excluding carboxylic acids is 2. The molecule has 0 N–H and O–H groups in total. The zero-order valence-corrected chi connectivity index (χ0v) is 16.6. The van der Waals surface area contributed by atoms with Crippen LogP contribution in [-0.4, -0.2) is 23.3 Å². The zero-order valence-electron chi connectivity index (χ0n) is 16.6. The molecule has 2 rings (SSSR count). The van der Waals surface area contributed by atoms with Crippen LogP contribution >= 0.6 is 0 Å². The number of hydrogen-bond acceptors (Lipinski definition) is 2. The first kappa shape index (κ1) is 20.7. The van der Waals surface area contributed by atoms with Crippen molar-refractivity contribution in [3.63, 3.8) is 0 Å². The molecule has 0 saturated carbocycles. The van der Waals surface area contributed by atoms with Gasteiger partial charge in [0, 0.05) is 6.54 Å². The van der Waals surface area contributed by atoms with E-state index in [1.807, 2.05) is 12.1 Å². The van der Waals surface area contributed by atoms with Gasteiger partial charge in [-0.2, -0.15) is 0 Å². The summed E-state index contributed by atoms with van der Waals surface area (Å²) in [5, 5.41) is 0. The van der Waals surface area contributed by atoms with Crippen LogP contribution in [0.15, 0.2) is 24.3 Å². The van der Waals surface area contributed by atoms with Crippen LogP contribution in [0.3, 0.4) is 0 Å². The van der Waals surface area contributed by atoms with Crippen molar-refractivity contribution in [2.24, 2.45) is 5.92 Å². The molecule has 3 nitrogen and oxygen atoms in total. The van der Waals surface area contributed by atoms with Gasteiger partial charge in [0.05, 0.1) is 11.1 Å². The number of fused-ring (bicyclic) bond motifs is 1. The molecule has 1 aromatic rings. The lowest BCUT2D eigenvalue weighted by Crippen LogP contribution is -2.30. The lowest BCUT2D eigenvalue weighted by Gasteiger charge is -2.13. The fourth-order valence-corrected chi connectivity index (χ4v) is 3.68. The Hall–Kier alpha value is -1.64. The molecule has 0 aliphatic carbocycles. The first-order chi connectivity index (χ1) is 12.6. The summed E-state index contributed by atoms with van der Waals surface area (Å²) in [7, 11) is 0. The summed E-state index contributed by atoms with van der Waals surface area (Å²) in [6.07, 6.45) is 14.0. The summed E-state index contributed by atoms with van der Waals surface area (Å²) in [5.41, 5.74) is 1.12. The van der Waals surface area contributed by atoms with Crippen molar-refractivity contribution in [2.75, 3.05) is 6.54 Å². The number of rotatable bonds is 13. The highest BCUT2D eigenvalue weighted by Crippen LogP contribution is 2.23. The highest BCUT2D eigenvalue weighted by molar-refractivity contribution is 6.21. The van der Waals surface area contributed by atoms with E-state index in [0.717, 1.165) is 18.8 Å². The third-order valence-corrected chi connectivity index (χ3v) is 5.29. The number of carbonyl (C=O) groups is 2. The molecular formula is C23H35NO2. The van der Waals surface area contributed by atoms with Gasteiger partial charge in [-0.1, -0.05) is 90.2 Å². The van der Waals surface area contributed by atoms with E-state index in [-0.39, 0.29) is 11.8 Å². The molecule has 0 atom stereocenters. The summed E-state index contributed by atoms with van der Waals surface area (Å²) < 4.78 is 0. The third kappa shape index (κ3) is 6.26. The molecule has 1 aliphatic heterocycles. The average Bonchev–Trinajstić information content (AvgIpc) is 2.87. The summed E-state index contributed by atoms with van der Waals surface area (Å²) in [4.78, 5) is 25.9. The molecule has 0 bridgehead atoms. The predicted octanol–water partition coefficient (Wildman–Crippen LogP) is 6.23. The van der Waals surface area contributed by atoms with Gasteiger partial charge in [0.25, 0.3) is 11.8 Å². The highest BCUT2D eigenvalue weighted by Gasteiger charge is 2.34. The molecule has 144 valence electrons. The molecule has 0 unspecified atom stereocenters. The van der Waals surface area contributed by atoms with Gasteiger partial charge >= 0.3 is 0 Å². The zero-order chi connectivity index (χ0) is 18.8. The second-order valence-electron chi connectivity index (χ2n) is 8.03. The van der Waals surface area contributed by atoms with Gasteiger partial charge in [-0.05, 0) is 24.5 Å². The topological polar surface area (TPSA) is 37.4 Å². The van der Waals surface area contributed by atoms with Gasteiger partial charge < -0.3 is 0 Å². The molecule has 0 saturated heterocycles. The van der Waals surface area contributed by atoms with E-state index in [9.17, 15) is 9.59 Å². The van der Waals surface area contributed by atoms with E-state index in [4.69, 9.17) is 0 Å². The van der Waals surface area contributed by atoms with E-state index < -0.39 is 0 Å². The van der Waals surface area contributed by atoms with Gasteiger partial charge in [0.2, 0.25) is 0 Å². The molecule has 1 aliphatic rings. The van der Waals surface area contributed by atoms with Crippen LogP contribution in [0.4, 0.5) is 0 Å². The van der Waals surface area contributed by atoms with E-state index in [1.54, 1.807) is 12.1 Å². The molecular weight excluding hydrogens is 322 g/mol. The van der Waals surface area contributed by atoms with Crippen molar-refractivity contribution in [1.82, 2.24) is 4.90 Å². The van der Waals surface area contributed by atoms with Crippen LogP contribution in [0.2, 0.25) is 0 Å². The fraction of sp³-hybridized carbons (Fsp3) is 0.652. The van der Waals surface area contributed by atoms with Crippen LogP contribution in [0.1, 0.15) is 105 Å². The van der Waals surface area contributed by atoms with Crippen molar-refractivity contribution in [1.29, 1.82) is 0 Å². The van der Waals surface area contributed by atoms with Crippen LogP contribution in [0, 0.1) is 5.92 Å². The van der Waals surface area contributed by atoms with Gasteiger partial charge in [0.15, 0.2) is 0 Å². The second-order valence-corrected chi connectivity index (χ2v) is 8.03. The number of nitrogens with zero attached hydrogens (tertiary/aromatic N) is 1. The largest absolute Gasteiger partial charge is 0.274 e. The van der Waals surface area contributed by atoms with Crippen LogP contribution < -0.4 is 0 Å². The van der Waals surface area contributed by atoms with E-state index >= 15 is 0 Å². The lowest BCUT2D eigenvalue weighted by atomic mass is 10.0. The average molecular weight is 358 g/mol. The number of unbranched alkanes of at least 4 members (excludes halogenated alkanes) is 9. The second kappa shape index (κ2) is 11.2. The normalized spacial score (nSPS) is 13.7. The Balaban J connectivity index is 1.47. The molecule has 0 spiro atoms. The van der Waals surface area contributed by atoms with E-state index in [1.165, 1.54) is 62.7 Å². The van der Waals surface area contributed by atoms with E-state index in [2.05, 4.69) is 13.8 Å². The monoisotopic (exact) mass is 357 g/mol. The number of amides is 2. The standard InChI is InChI=1S/C23H35NO2/c1-19(2)15-11-9-7-5-3-4-6-8-10-14-18-24-22(25)20-16-12-13-17-21(20)23(24)26/h12-13,16-17,19H,3-11,14-15,18H2,1-2H3. The number of hydrogen-bond donors (Lipinski definition) is 0. The first-order valence-corrected chi connectivity index (χ1v) is 10.6. The molecule has 1 aromatic carbocycles. The number of benzene rings is 1. The summed E-state index contributed by atoms with van der Waals surface area (Å²) in [6, 6.07) is 7.13. The maximum Gasteiger partial charge on any atom is 0.261 e. The Bertz CT molecular complexity index is 544. The predicted molar refractivity (Wildman–Crippen MR) is 107 cm³/mol. The maximum atomic E-state index is 12.3. The molecule has 0 radical (unpaired) electrons. The lowest BCUT2D eigenvalue weighted by molar-refractivity contribution is 0.0651. The van der Waals surface area contributed by atoms with Crippen molar-refractivity contribution in [3.8, 4) is 0 Å². The van der Waals surface area contributed by atoms with Gasteiger partial charge in [-0.3, -0.25) is 14.5 Å². The Labute approximate surface area is 159 Å². The molecule has 0 fully saturated rings. The summed E-state index contributed by atoms with van der Waals surface area (Å²) in [5.74, 6) is 0.599. The molecule has 0 aromatic heterocycles. The van der Waals surface area contributed by atoms with Gasteiger partial charge in [-0.25, -0.2) is 0 Å². The Morgan fingerprint density at radius 1 is 0.692 bits per heavy atom. The Morgan fingerprint density at radius 3 is 1.58 bits per heavy atom. The third-order valence-electron chi connectivity index (χ3n) is 5.29. The maximum absolute atomic E-state index is 12.3. The van der Waals surface area contributed by atoms with E-state index in [0.29, 0.717) is 17.7 Å². The fourth-order valence-electron chi connectivity index (χ4n) is 3.68. The molecule has 1 heterocycles.